The van der Waals surface area contributed by atoms with E-state index in [4.69, 9.17) is 13.6 Å². The van der Waals surface area contributed by atoms with Crippen molar-refractivity contribution in [3.63, 3.8) is 0 Å². The van der Waals surface area contributed by atoms with Gasteiger partial charge in [0.05, 0.1) is 27.8 Å². The summed E-state index contributed by atoms with van der Waals surface area (Å²) >= 11 is 0. The van der Waals surface area contributed by atoms with Crippen molar-refractivity contribution >= 4 is 21.9 Å². The average Bonchev–Trinajstić information content (AvgIpc) is 2.79. The lowest BCUT2D eigenvalue weighted by molar-refractivity contribution is 0.425. The number of benzene rings is 3. The molecule has 3 aromatic carbocycles. The summed E-state index contributed by atoms with van der Waals surface area (Å²) in [6.07, 6.45) is 0. The third-order valence-electron chi connectivity index (χ3n) is 5.88. The fraction of sp³-hybridized carbons (Fsp3) is 0.0769. The molecular formula is C26H16O6. The molecule has 3 heterocycles. The van der Waals surface area contributed by atoms with Gasteiger partial charge in [-0.15, -0.1) is 0 Å². The van der Waals surface area contributed by atoms with Crippen molar-refractivity contribution < 1.29 is 18.7 Å². The zero-order valence-electron chi connectivity index (χ0n) is 16.9. The van der Waals surface area contributed by atoms with E-state index in [1.807, 2.05) is 25.1 Å². The molecule has 0 saturated heterocycles. The first-order chi connectivity index (χ1) is 15.5. The van der Waals surface area contributed by atoms with Crippen molar-refractivity contribution in [3.8, 4) is 17.2 Å². The predicted molar refractivity (Wildman–Crippen MR) is 119 cm³/mol. The van der Waals surface area contributed by atoms with Gasteiger partial charge in [-0.2, -0.15) is 0 Å². The number of hydrogen-bond donors (Lipinski definition) is 1. The van der Waals surface area contributed by atoms with Gasteiger partial charge in [-0.25, -0.2) is 9.59 Å². The number of aromatic hydroxyl groups is 1. The quantitative estimate of drug-likeness (QED) is 0.365. The molecule has 1 unspecified atom stereocenters. The third kappa shape index (κ3) is 2.53. The Kier molecular flexibility index (Phi) is 3.80. The first kappa shape index (κ1) is 18.4. The lowest BCUT2D eigenvalue weighted by Gasteiger charge is -2.28. The summed E-state index contributed by atoms with van der Waals surface area (Å²) in [6, 6.07) is 19.3. The summed E-state index contributed by atoms with van der Waals surface area (Å²) in [7, 11) is 0. The summed E-state index contributed by atoms with van der Waals surface area (Å²) < 4.78 is 17.3. The highest BCUT2D eigenvalue weighted by atomic mass is 16.5. The molecule has 6 rings (SSSR count). The van der Waals surface area contributed by atoms with Gasteiger partial charge in [-0.1, -0.05) is 42.0 Å². The van der Waals surface area contributed by atoms with Gasteiger partial charge in [0.15, 0.2) is 0 Å². The van der Waals surface area contributed by atoms with Crippen LogP contribution in [0.5, 0.6) is 17.2 Å². The largest absolute Gasteiger partial charge is 0.507 e. The molecule has 2 aromatic heterocycles. The number of aryl methyl sites for hydroxylation is 1. The van der Waals surface area contributed by atoms with Crippen LogP contribution in [0.3, 0.4) is 0 Å². The Morgan fingerprint density at radius 2 is 1.41 bits per heavy atom. The molecule has 1 atom stereocenters. The molecule has 5 aromatic rings. The van der Waals surface area contributed by atoms with Gasteiger partial charge in [-0.3, -0.25) is 0 Å². The third-order valence-corrected chi connectivity index (χ3v) is 5.88. The lowest BCUT2D eigenvalue weighted by Crippen LogP contribution is -2.24. The first-order valence-electron chi connectivity index (χ1n) is 10.1. The van der Waals surface area contributed by atoms with Crippen molar-refractivity contribution in [2.24, 2.45) is 0 Å². The zero-order chi connectivity index (χ0) is 22.0. The fourth-order valence-electron chi connectivity index (χ4n) is 4.45. The monoisotopic (exact) mass is 424 g/mol. The van der Waals surface area contributed by atoms with E-state index in [0.717, 1.165) is 5.56 Å². The highest BCUT2D eigenvalue weighted by Crippen LogP contribution is 2.50. The summed E-state index contributed by atoms with van der Waals surface area (Å²) in [4.78, 5) is 26.3. The van der Waals surface area contributed by atoms with Crippen molar-refractivity contribution in [2.45, 2.75) is 12.8 Å². The maximum Gasteiger partial charge on any atom is 0.344 e. The van der Waals surface area contributed by atoms with E-state index in [9.17, 15) is 14.7 Å². The zero-order valence-corrected chi connectivity index (χ0v) is 16.9. The average molecular weight is 424 g/mol. The number of fused-ring (bicyclic) bond motifs is 5. The van der Waals surface area contributed by atoms with E-state index in [-0.39, 0.29) is 22.5 Å². The molecule has 1 N–H and O–H groups in total. The Morgan fingerprint density at radius 3 is 2.16 bits per heavy atom. The molecule has 0 spiro atoms. The van der Waals surface area contributed by atoms with Crippen molar-refractivity contribution in [1.29, 1.82) is 0 Å². The maximum absolute atomic E-state index is 13.2. The van der Waals surface area contributed by atoms with Crippen LogP contribution in [0.25, 0.3) is 21.9 Å². The van der Waals surface area contributed by atoms with Crippen LogP contribution >= 0.6 is 0 Å². The van der Waals surface area contributed by atoms with Crippen LogP contribution in [-0.4, -0.2) is 5.11 Å². The van der Waals surface area contributed by atoms with Gasteiger partial charge >= 0.3 is 11.3 Å². The molecule has 0 saturated carbocycles. The molecule has 0 aliphatic carbocycles. The second-order valence-electron chi connectivity index (χ2n) is 7.85. The molecule has 0 bridgehead atoms. The second-order valence-corrected chi connectivity index (χ2v) is 7.85. The van der Waals surface area contributed by atoms with E-state index in [1.165, 1.54) is 0 Å². The van der Waals surface area contributed by atoms with Crippen LogP contribution in [0.15, 0.2) is 85.2 Å². The minimum Gasteiger partial charge on any atom is -0.507 e. The van der Waals surface area contributed by atoms with Crippen molar-refractivity contribution in [2.75, 3.05) is 0 Å². The second kappa shape index (κ2) is 6.59. The van der Waals surface area contributed by atoms with Crippen LogP contribution in [0.1, 0.15) is 28.2 Å². The summed E-state index contributed by atoms with van der Waals surface area (Å²) in [6.45, 7) is 1.90. The van der Waals surface area contributed by atoms with Crippen molar-refractivity contribution in [1.82, 2.24) is 0 Å². The van der Waals surface area contributed by atoms with Crippen LogP contribution in [0.2, 0.25) is 0 Å². The van der Waals surface area contributed by atoms with Gasteiger partial charge in [-0.05, 0) is 37.3 Å². The van der Waals surface area contributed by atoms with Gasteiger partial charge in [0.25, 0.3) is 0 Å². The topological polar surface area (TPSA) is 89.9 Å². The predicted octanol–water partition coefficient (Wildman–Crippen LogP) is 5.20. The molecule has 1 aliphatic rings. The fourth-order valence-corrected chi connectivity index (χ4v) is 4.45. The SMILES string of the molecule is Cc1ccc2c(c1)C(c1c(O)c3ccccc3oc1=O)c1c(c3ccccc3oc1=O)O2. The van der Waals surface area contributed by atoms with Crippen LogP contribution in [0.4, 0.5) is 0 Å². The summed E-state index contributed by atoms with van der Waals surface area (Å²) in [5, 5.41) is 12.2. The number of para-hydroxylation sites is 2. The molecule has 0 amide bonds. The van der Waals surface area contributed by atoms with E-state index in [1.54, 1.807) is 48.5 Å². The first-order valence-corrected chi connectivity index (χ1v) is 10.1. The molecule has 32 heavy (non-hydrogen) atoms. The minimum absolute atomic E-state index is 0.0253. The Morgan fingerprint density at radius 1 is 0.781 bits per heavy atom. The molecule has 6 nitrogen and oxygen atoms in total. The van der Waals surface area contributed by atoms with Gasteiger partial charge in [0, 0.05) is 5.56 Å². The van der Waals surface area contributed by atoms with Crippen molar-refractivity contribution in [3.05, 3.63) is 110 Å². The molecular weight excluding hydrogens is 408 g/mol. The van der Waals surface area contributed by atoms with Crippen LogP contribution in [-0.2, 0) is 0 Å². The van der Waals surface area contributed by atoms with Crippen LogP contribution in [0, 0.1) is 6.92 Å². The standard InChI is InChI=1S/C26H16O6/c1-13-10-11-19-16(12-13)20(21-23(27)14-6-2-4-8-17(14)31-25(21)28)22-24(30-19)15-7-3-5-9-18(15)32-26(22)29/h2-12,20,27H,1H3. The Hall–Kier alpha value is -4.32. The molecule has 0 radical (unpaired) electrons. The van der Waals surface area contributed by atoms with Gasteiger partial charge < -0.3 is 18.7 Å². The highest BCUT2D eigenvalue weighted by Gasteiger charge is 2.38. The smallest absolute Gasteiger partial charge is 0.344 e. The normalized spacial score (nSPS) is 14.7. The van der Waals surface area contributed by atoms with E-state index >= 15 is 0 Å². The number of ether oxygens (including phenoxy) is 1. The number of hydrogen-bond acceptors (Lipinski definition) is 6. The van der Waals surface area contributed by atoms with E-state index in [2.05, 4.69) is 0 Å². The number of rotatable bonds is 1. The maximum atomic E-state index is 13.2. The van der Waals surface area contributed by atoms with Gasteiger partial charge in [0.2, 0.25) is 0 Å². The van der Waals surface area contributed by atoms with Gasteiger partial charge in [0.1, 0.15) is 28.4 Å². The molecule has 1 aliphatic heterocycles. The Labute approximate surface area is 180 Å². The minimum atomic E-state index is -0.921. The lowest BCUT2D eigenvalue weighted by atomic mass is 9.82. The summed E-state index contributed by atoms with van der Waals surface area (Å²) in [5.74, 6) is -0.342. The molecule has 156 valence electrons. The van der Waals surface area contributed by atoms with E-state index < -0.39 is 17.2 Å². The molecule has 0 fully saturated rings. The van der Waals surface area contributed by atoms with E-state index in [0.29, 0.717) is 33.4 Å². The highest BCUT2D eigenvalue weighted by molar-refractivity contribution is 5.88. The Bertz CT molecular complexity index is 1650. The molecule has 6 heteroatoms. The van der Waals surface area contributed by atoms with Crippen LogP contribution < -0.4 is 16.0 Å². The Balaban J connectivity index is 1.78. The summed E-state index contributed by atoms with van der Waals surface area (Å²) in [5.41, 5.74) is 0.902.